The maximum atomic E-state index is 11.4. The predicted molar refractivity (Wildman–Crippen MR) is 73.9 cm³/mol. The number of carboxylic acid groups (broad SMARTS) is 1. The summed E-state index contributed by atoms with van der Waals surface area (Å²) in [4.78, 5) is 11.4. The molecule has 2 atom stereocenters. The van der Waals surface area contributed by atoms with Gasteiger partial charge in [-0.15, -0.1) is 0 Å². The molecule has 2 unspecified atom stereocenters. The molecule has 0 bridgehead atoms. The highest BCUT2D eigenvalue weighted by molar-refractivity contribution is 5.74. The van der Waals surface area contributed by atoms with E-state index in [4.69, 9.17) is 4.74 Å². The van der Waals surface area contributed by atoms with Crippen molar-refractivity contribution >= 4 is 5.97 Å². The first kappa shape index (κ1) is 13.8. The molecule has 0 heterocycles. The molecular weight excluding hydrogens is 240 g/mol. The molecule has 0 saturated heterocycles. The highest BCUT2D eigenvalue weighted by Crippen LogP contribution is 2.24. The lowest BCUT2D eigenvalue weighted by molar-refractivity contribution is -0.155. The van der Waals surface area contributed by atoms with Gasteiger partial charge in [0, 0.05) is 0 Å². The Kier molecular flexibility index (Phi) is 5.16. The molecule has 3 nitrogen and oxygen atoms in total. The number of rotatable bonds is 4. The van der Waals surface area contributed by atoms with Gasteiger partial charge in [-0.3, -0.25) is 0 Å². The smallest absolute Gasteiger partial charge is 0.337 e. The van der Waals surface area contributed by atoms with Gasteiger partial charge in [-0.25, -0.2) is 4.79 Å². The van der Waals surface area contributed by atoms with E-state index in [1.807, 2.05) is 30.3 Å². The quantitative estimate of drug-likeness (QED) is 0.839. The van der Waals surface area contributed by atoms with Gasteiger partial charge in [0.1, 0.15) is 0 Å². The molecule has 1 aliphatic carbocycles. The molecule has 1 aromatic rings. The van der Waals surface area contributed by atoms with E-state index in [0.717, 1.165) is 32.1 Å². The van der Waals surface area contributed by atoms with Crippen LogP contribution in [0.4, 0.5) is 0 Å². The summed E-state index contributed by atoms with van der Waals surface area (Å²) in [6, 6.07) is 9.18. The summed E-state index contributed by atoms with van der Waals surface area (Å²) in [6.45, 7) is 0. The lowest BCUT2D eigenvalue weighted by Gasteiger charge is -2.23. The molecule has 102 valence electrons. The highest BCUT2D eigenvalue weighted by Gasteiger charge is 2.24. The highest BCUT2D eigenvalue weighted by atomic mass is 16.5. The van der Waals surface area contributed by atoms with Crippen molar-refractivity contribution in [2.75, 3.05) is 0 Å². The predicted octanol–water partition coefficient (Wildman–Crippen LogP) is 3.72. The summed E-state index contributed by atoms with van der Waals surface area (Å²) in [7, 11) is 0. The van der Waals surface area contributed by atoms with Crippen LogP contribution >= 0.6 is 0 Å². The van der Waals surface area contributed by atoms with E-state index in [-0.39, 0.29) is 6.10 Å². The van der Waals surface area contributed by atoms with Crippen molar-refractivity contribution in [1.82, 2.24) is 0 Å². The first-order valence-corrected chi connectivity index (χ1v) is 6.85. The van der Waals surface area contributed by atoms with Crippen LogP contribution in [0.1, 0.15) is 43.8 Å². The van der Waals surface area contributed by atoms with Crippen LogP contribution in [-0.4, -0.2) is 17.2 Å². The number of hydrogen-bond donors (Lipinski definition) is 1. The molecule has 0 radical (unpaired) electrons. The van der Waals surface area contributed by atoms with E-state index >= 15 is 0 Å². The van der Waals surface area contributed by atoms with Gasteiger partial charge in [-0.2, -0.15) is 0 Å². The Morgan fingerprint density at radius 3 is 2.63 bits per heavy atom. The summed E-state index contributed by atoms with van der Waals surface area (Å²) < 4.78 is 5.84. The third-order valence-electron chi connectivity index (χ3n) is 3.37. The van der Waals surface area contributed by atoms with Crippen LogP contribution in [0.15, 0.2) is 42.5 Å². The largest absolute Gasteiger partial charge is 0.479 e. The fourth-order valence-corrected chi connectivity index (χ4v) is 2.36. The van der Waals surface area contributed by atoms with E-state index in [0.29, 0.717) is 5.56 Å². The van der Waals surface area contributed by atoms with Crippen molar-refractivity contribution in [1.29, 1.82) is 0 Å². The van der Waals surface area contributed by atoms with Gasteiger partial charge < -0.3 is 9.84 Å². The number of carboxylic acids is 1. The molecule has 3 heteroatoms. The second-order valence-electron chi connectivity index (χ2n) is 4.87. The Balaban J connectivity index is 2.04. The fourth-order valence-electron chi connectivity index (χ4n) is 2.36. The molecule has 0 saturated carbocycles. The van der Waals surface area contributed by atoms with E-state index in [9.17, 15) is 9.90 Å². The second-order valence-corrected chi connectivity index (χ2v) is 4.87. The van der Waals surface area contributed by atoms with Crippen molar-refractivity contribution < 1.29 is 14.6 Å². The number of hydrogen-bond acceptors (Lipinski definition) is 2. The van der Waals surface area contributed by atoms with Gasteiger partial charge in [-0.1, -0.05) is 42.5 Å². The van der Waals surface area contributed by atoms with Crippen LogP contribution in [-0.2, 0) is 9.53 Å². The standard InChI is InChI=1S/C16H20O3/c17-16(18)15(13-9-5-4-6-10-13)19-14-11-7-2-1-3-8-12-14/h1-2,4-6,9-10,14-15H,3,7-8,11-12H2,(H,17,18)/b2-1+. The molecule has 1 aliphatic rings. The first-order chi connectivity index (χ1) is 9.27. The number of carbonyl (C=O) groups is 1. The van der Waals surface area contributed by atoms with Gasteiger partial charge in [0.15, 0.2) is 6.10 Å². The normalized spacial score (nSPS) is 23.1. The lowest BCUT2D eigenvalue weighted by Crippen LogP contribution is -2.23. The van der Waals surface area contributed by atoms with Crippen molar-refractivity contribution in [2.24, 2.45) is 0 Å². The maximum absolute atomic E-state index is 11.4. The number of allylic oxidation sites excluding steroid dienone is 2. The van der Waals surface area contributed by atoms with Gasteiger partial charge in [0.25, 0.3) is 0 Å². The zero-order chi connectivity index (χ0) is 13.5. The zero-order valence-corrected chi connectivity index (χ0v) is 11.0. The van der Waals surface area contributed by atoms with E-state index in [2.05, 4.69) is 12.2 Å². The molecule has 0 amide bonds. The lowest BCUT2D eigenvalue weighted by atomic mass is 10.0. The van der Waals surface area contributed by atoms with Crippen LogP contribution in [0.3, 0.4) is 0 Å². The molecule has 1 N–H and O–H groups in total. The summed E-state index contributed by atoms with van der Waals surface area (Å²) in [5, 5.41) is 9.34. The molecule has 2 rings (SSSR count). The Morgan fingerprint density at radius 1 is 1.16 bits per heavy atom. The number of aliphatic carboxylic acids is 1. The van der Waals surface area contributed by atoms with Crippen molar-refractivity contribution in [3.63, 3.8) is 0 Å². The Morgan fingerprint density at radius 2 is 1.89 bits per heavy atom. The number of benzene rings is 1. The van der Waals surface area contributed by atoms with Crippen molar-refractivity contribution in [3.05, 3.63) is 48.0 Å². The first-order valence-electron chi connectivity index (χ1n) is 6.85. The minimum Gasteiger partial charge on any atom is -0.479 e. The molecule has 19 heavy (non-hydrogen) atoms. The fraction of sp³-hybridized carbons (Fsp3) is 0.438. The average molecular weight is 260 g/mol. The van der Waals surface area contributed by atoms with Crippen LogP contribution in [0, 0.1) is 0 Å². The van der Waals surface area contributed by atoms with Gasteiger partial charge >= 0.3 is 5.97 Å². The second kappa shape index (κ2) is 7.10. The Labute approximate surface area is 113 Å². The van der Waals surface area contributed by atoms with Gasteiger partial charge in [-0.05, 0) is 37.7 Å². The molecule has 0 aliphatic heterocycles. The monoisotopic (exact) mass is 260 g/mol. The van der Waals surface area contributed by atoms with Gasteiger partial charge in [0.05, 0.1) is 6.10 Å². The third-order valence-corrected chi connectivity index (χ3v) is 3.37. The van der Waals surface area contributed by atoms with Crippen LogP contribution < -0.4 is 0 Å². The molecule has 0 fully saturated rings. The topological polar surface area (TPSA) is 46.5 Å². The number of ether oxygens (including phenoxy) is 1. The molecule has 0 spiro atoms. The van der Waals surface area contributed by atoms with E-state index < -0.39 is 12.1 Å². The SMILES string of the molecule is O=C(O)C(OC1CC/C=C/CCC1)c1ccccc1. The molecule has 1 aromatic carbocycles. The summed E-state index contributed by atoms with van der Waals surface area (Å²) >= 11 is 0. The molecule has 0 aromatic heterocycles. The van der Waals surface area contributed by atoms with Crippen molar-refractivity contribution in [3.8, 4) is 0 Å². The van der Waals surface area contributed by atoms with Crippen LogP contribution in [0.5, 0.6) is 0 Å². The van der Waals surface area contributed by atoms with E-state index in [1.165, 1.54) is 0 Å². The summed E-state index contributed by atoms with van der Waals surface area (Å²) in [5.41, 5.74) is 0.715. The zero-order valence-electron chi connectivity index (χ0n) is 11.0. The maximum Gasteiger partial charge on any atom is 0.337 e. The van der Waals surface area contributed by atoms with Crippen molar-refractivity contribution in [2.45, 2.75) is 44.3 Å². The minimum absolute atomic E-state index is 0.0336. The Bertz CT molecular complexity index is 425. The van der Waals surface area contributed by atoms with Gasteiger partial charge in [0.2, 0.25) is 0 Å². The summed E-state index contributed by atoms with van der Waals surface area (Å²) in [5.74, 6) is -0.913. The minimum atomic E-state index is -0.913. The average Bonchev–Trinajstić information content (AvgIpc) is 2.38. The third kappa shape index (κ3) is 4.21. The van der Waals surface area contributed by atoms with Crippen LogP contribution in [0.25, 0.3) is 0 Å². The van der Waals surface area contributed by atoms with Crippen LogP contribution in [0.2, 0.25) is 0 Å². The summed E-state index contributed by atoms with van der Waals surface area (Å²) in [6.07, 6.45) is 8.45. The van der Waals surface area contributed by atoms with E-state index in [1.54, 1.807) is 0 Å². The Hall–Kier alpha value is -1.61. The molecular formula is C16H20O3.